The average molecular weight is 302 g/mol. The van der Waals surface area contributed by atoms with Crippen molar-refractivity contribution < 1.29 is 15.0 Å². The predicted octanol–water partition coefficient (Wildman–Crippen LogP) is 3.06. The first kappa shape index (κ1) is 16.5. The summed E-state index contributed by atoms with van der Waals surface area (Å²) in [6, 6.07) is 3.33. The van der Waals surface area contributed by atoms with Crippen molar-refractivity contribution in [1.29, 1.82) is 0 Å². The van der Waals surface area contributed by atoms with Crippen LogP contribution in [-0.4, -0.2) is 29.5 Å². The molecular formula is C14H20F2N2OS. The molecule has 0 aliphatic carbocycles. The SMILES string of the molecule is CC.CNC(=S)N1CC(c2cc(F)cc(F)c2)CC1=O.[HH]. The van der Waals surface area contributed by atoms with Gasteiger partial charge in [-0.3, -0.25) is 9.69 Å². The number of rotatable bonds is 1. The van der Waals surface area contributed by atoms with Crippen LogP contribution in [0.25, 0.3) is 0 Å². The highest BCUT2D eigenvalue weighted by Gasteiger charge is 2.33. The molecule has 1 unspecified atom stereocenters. The number of nitrogens with one attached hydrogen (secondary N) is 1. The molecule has 1 aromatic carbocycles. The van der Waals surface area contributed by atoms with Crippen LogP contribution in [0.15, 0.2) is 18.2 Å². The van der Waals surface area contributed by atoms with Crippen molar-refractivity contribution in [3.05, 3.63) is 35.4 Å². The van der Waals surface area contributed by atoms with Crippen molar-refractivity contribution in [1.82, 2.24) is 10.2 Å². The van der Waals surface area contributed by atoms with Crippen LogP contribution in [-0.2, 0) is 4.79 Å². The number of carbonyl (C=O) groups is 1. The number of carbonyl (C=O) groups excluding carboxylic acids is 1. The molecule has 1 aromatic rings. The van der Waals surface area contributed by atoms with E-state index in [1.54, 1.807) is 7.05 Å². The number of likely N-dealkylation sites (tertiary alicyclic amines) is 1. The second kappa shape index (κ2) is 7.28. The molecule has 3 nitrogen and oxygen atoms in total. The molecule has 6 heteroatoms. The van der Waals surface area contributed by atoms with Gasteiger partial charge in [0.05, 0.1) is 0 Å². The van der Waals surface area contributed by atoms with Gasteiger partial charge in [-0.2, -0.15) is 0 Å². The second-order valence-corrected chi connectivity index (χ2v) is 4.55. The van der Waals surface area contributed by atoms with Gasteiger partial charge in [0.15, 0.2) is 5.11 Å². The third-order valence-electron chi connectivity index (χ3n) is 2.94. The van der Waals surface area contributed by atoms with Gasteiger partial charge in [0.2, 0.25) is 5.91 Å². The summed E-state index contributed by atoms with van der Waals surface area (Å²) in [7, 11) is 1.63. The molecular weight excluding hydrogens is 282 g/mol. The summed E-state index contributed by atoms with van der Waals surface area (Å²) < 4.78 is 26.2. The minimum atomic E-state index is -0.632. The maximum atomic E-state index is 13.1. The van der Waals surface area contributed by atoms with Crippen LogP contribution >= 0.6 is 12.2 Å². The molecule has 1 N–H and O–H groups in total. The lowest BCUT2D eigenvalue weighted by Gasteiger charge is -2.17. The number of benzene rings is 1. The van der Waals surface area contributed by atoms with Gasteiger partial charge in [0.1, 0.15) is 11.6 Å². The standard InChI is InChI=1S/C12H12F2N2OS.C2H6.H2/c1-15-12(18)16-6-8(4-11(16)17)7-2-9(13)5-10(14)3-7;1-2;/h2-3,5,8H,4,6H2,1H3,(H,15,18);1-2H3;1H. The second-order valence-electron chi connectivity index (χ2n) is 4.16. The number of hydrogen-bond acceptors (Lipinski definition) is 2. The Morgan fingerprint density at radius 1 is 1.35 bits per heavy atom. The van der Waals surface area contributed by atoms with Crippen molar-refractivity contribution in [2.24, 2.45) is 0 Å². The zero-order valence-electron chi connectivity index (χ0n) is 11.7. The fourth-order valence-electron chi connectivity index (χ4n) is 2.07. The number of thiocarbonyl (C=S) groups is 1. The number of hydrogen-bond donors (Lipinski definition) is 1. The van der Waals surface area contributed by atoms with E-state index < -0.39 is 11.6 Å². The van der Waals surface area contributed by atoms with Gasteiger partial charge in [-0.25, -0.2) is 8.78 Å². The molecule has 20 heavy (non-hydrogen) atoms. The molecule has 0 aromatic heterocycles. The van der Waals surface area contributed by atoms with Crippen molar-refractivity contribution in [3.8, 4) is 0 Å². The van der Waals surface area contributed by atoms with E-state index >= 15 is 0 Å². The van der Waals surface area contributed by atoms with E-state index in [2.05, 4.69) is 5.32 Å². The Labute approximate surface area is 124 Å². The molecule has 0 radical (unpaired) electrons. The quantitative estimate of drug-likeness (QED) is 0.809. The minimum Gasteiger partial charge on any atom is -0.365 e. The first-order valence-electron chi connectivity index (χ1n) is 6.49. The summed E-state index contributed by atoms with van der Waals surface area (Å²) in [4.78, 5) is 13.2. The van der Waals surface area contributed by atoms with E-state index in [1.807, 2.05) is 13.8 Å². The molecule has 2 rings (SSSR count). The van der Waals surface area contributed by atoms with Crippen molar-refractivity contribution in [3.63, 3.8) is 0 Å². The summed E-state index contributed by atoms with van der Waals surface area (Å²) in [5.74, 6) is -1.63. The zero-order chi connectivity index (χ0) is 15.3. The highest BCUT2D eigenvalue weighted by atomic mass is 32.1. The average Bonchev–Trinajstić information content (AvgIpc) is 2.81. The van der Waals surface area contributed by atoms with Crippen LogP contribution in [0.4, 0.5) is 8.78 Å². The molecule has 1 aliphatic rings. The minimum absolute atomic E-state index is 0. The molecule has 0 bridgehead atoms. The predicted molar refractivity (Wildman–Crippen MR) is 80.5 cm³/mol. The Hall–Kier alpha value is -1.56. The fraction of sp³-hybridized carbons (Fsp3) is 0.429. The van der Waals surface area contributed by atoms with Crippen molar-refractivity contribution in [2.75, 3.05) is 13.6 Å². The maximum Gasteiger partial charge on any atom is 0.229 e. The topological polar surface area (TPSA) is 32.3 Å². The number of amides is 1. The smallest absolute Gasteiger partial charge is 0.229 e. The normalized spacial score (nSPS) is 17.6. The summed E-state index contributed by atoms with van der Waals surface area (Å²) in [5.41, 5.74) is 0.488. The van der Waals surface area contributed by atoms with E-state index in [-0.39, 0.29) is 19.7 Å². The summed E-state index contributed by atoms with van der Waals surface area (Å²) in [5, 5.41) is 3.05. The van der Waals surface area contributed by atoms with E-state index in [9.17, 15) is 13.6 Å². The van der Waals surface area contributed by atoms with Gasteiger partial charge in [0, 0.05) is 33.4 Å². The van der Waals surface area contributed by atoms with E-state index in [1.165, 1.54) is 17.0 Å². The molecule has 112 valence electrons. The van der Waals surface area contributed by atoms with Gasteiger partial charge >= 0.3 is 0 Å². The molecule has 1 saturated heterocycles. The Kier molecular flexibility index (Phi) is 6.01. The zero-order valence-corrected chi connectivity index (χ0v) is 12.6. The van der Waals surface area contributed by atoms with E-state index in [0.717, 1.165) is 6.07 Å². The number of halogens is 2. The van der Waals surface area contributed by atoms with Crippen LogP contribution in [0.2, 0.25) is 0 Å². The third-order valence-corrected chi connectivity index (χ3v) is 3.36. The van der Waals surface area contributed by atoms with Crippen LogP contribution in [0, 0.1) is 11.6 Å². The molecule has 1 fully saturated rings. The third kappa shape index (κ3) is 3.72. The lowest BCUT2D eigenvalue weighted by molar-refractivity contribution is -0.124. The van der Waals surface area contributed by atoms with E-state index in [0.29, 0.717) is 17.2 Å². The van der Waals surface area contributed by atoms with Crippen LogP contribution in [0.3, 0.4) is 0 Å². The Bertz CT molecular complexity index is 493. The van der Waals surface area contributed by atoms with Gasteiger partial charge < -0.3 is 5.32 Å². The summed E-state index contributed by atoms with van der Waals surface area (Å²) in [6.45, 7) is 4.35. The van der Waals surface area contributed by atoms with Gasteiger partial charge in [0.25, 0.3) is 0 Å². The molecule has 0 saturated carbocycles. The van der Waals surface area contributed by atoms with Crippen molar-refractivity contribution in [2.45, 2.75) is 26.2 Å². The molecule has 1 heterocycles. The molecule has 1 atom stereocenters. The van der Waals surface area contributed by atoms with Crippen LogP contribution < -0.4 is 5.32 Å². The lowest BCUT2D eigenvalue weighted by Crippen LogP contribution is -2.38. The van der Waals surface area contributed by atoms with Gasteiger partial charge in [-0.1, -0.05) is 13.8 Å². The maximum absolute atomic E-state index is 13.1. The first-order valence-corrected chi connectivity index (χ1v) is 6.90. The first-order chi connectivity index (χ1) is 9.51. The van der Waals surface area contributed by atoms with Gasteiger partial charge in [-0.15, -0.1) is 0 Å². The summed E-state index contributed by atoms with van der Waals surface area (Å²) >= 11 is 4.99. The number of nitrogens with zero attached hydrogens (tertiary/aromatic N) is 1. The van der Waals surface area contributed by atoms with E-state index in [4.69, 9.17) is 12.2 Å². The van der Waals surface area contributed by atoms with Crippen molar-refractivity contribution >= 4 is 23.2 Å². The highest BCUT2D eigenvalue weighted by Crippen LogP contribution is 2.29. The molecule has 1 amide bonds. The Morgan fingerprint density at radius 3 is 2.40 bits per heavy atom. The largest absolute Gasteiger partial charge is 0.365 e. The fourth-order valence-corrected chi connectivity index (χ4v) is 2.25. The van der Waals surface area contributed by atoms with Gasteiger partial charge in [-0.05, 0) is 29.9 Å². The molecule has 1 aliphatic heterocycles. The Balaban J connectivity index is 0.00000128. The van der Waals surface area contributed by atoms with Crippen LogP contribution in [0.1, 0.15) is 33.2 Å². The molecule has 0 spiro atoms. The van der Waals surface area contributed by atoms with Crippen LogP contribution in [0.5, 0.6) is 0 Å². The summed E-state index contributed by atoms with van der Waals surface area (Å²) in [6.07, 6.45) is 0.213. The monoisotopic (exact) mass is 302 g/mol. The lowest BCUT2D eigenvalue weighted by atomic mass is 9.98. The highest BCUT2D eigenvalue weighted by molar-refractivity contribution is 7.80. The Morgan fingerprint density at radius 2 is 1.90 bits per heavy atom.